The molecule has 4 rings (SSSR count). The third kappa shape index (κ3) is 5.25. The van der Waals surface area contributed by atoms with E-state index in [0.29, 0.717) is 12.2 Å². The molecule has 166 valence electrons. The number of benzene rings is 4. The molecule has 0 aliphatic rings. The lowest BCUT2D eigenvalue weighted by molar-refractivity contribution is 0.0955. The van der Waals surface area contributed by atoms with E-state index in [1.54, 1.807) is 13.3 Å². The second kappa shape index (κ2) is 10.1. The summed E-state index contributed by atoms with van der Waals surface area (Å²) >= 11 is 5.86. The average molecular weight is 461 g/mol. The van der Waals surface area contributed by atoms with Crippen molar-refractivity contribution in [2.24, 2.45) is 5.10 Å². The molecule has 2 N–H and O–H groups in total. The molecule has 0 atom stereocenters. The number of phenols is 1. The molecule has 0 unspecified atom stereocenters. The first-order valence-electron chi connectivity index (χ1n) is 10.1. The molecule has 4 aromatic carbocycles. The first kappa shape index (κ1) is 22.2. The van der Waals surface area contributed by atoms with Gasteiger partial charge >= 0.3 is 0 Å². The molecule has 4 aromatic rings. The van der Waals surface area contributed by atoms with Crippen LogP contribution < -0.4 is 14.9 Å². The first-order chi connectivity index (χ1) is 16.0. The van der Waals surface area contributed by atoms with Gasteiger partial charge in [0, 0.05) is 16.5 Å². The molecule has 0 heterocycles. The number of phenolic OH excluding ortho intramolecular Hbond substituents is 1. The molecule has 33 heavy (non-hydrogen) atoms. The molecular formula is C26H21ClN2O4. The van der Waals surface area contributed by atoms with Crippen LogP contribution in [0.3, 0.4) is 0 Å². The molecule has 0 saturated heterocycles. The van der Waals surface area contributed by atoms with Crippen molar-refractivity contribution in [2.75, 3.05) is 7.11 Å². The van der Waals surface area contributed by atoms with Crippen molar-refractivity contribution >= 4 is 34.5 Å². The average Bonchev–Trinajstić information content (AvgIpc) is 2.85. The molecule has 6 nitrogen and oxygen atoms in total. The molecule has 1 amide bonds. The monoisotopic (exact) mass is 460 g/mol. The van der Waals surface area contributed by atoms with Gasteiger partial charge in [-0.3, -0.25) is 4.79 Å². The number of halogens is 1. The lowest BCUT2D eigenvalue weighted by atomic mass is 10.0. The minimum absolute atomic E-state index is 0.0862. The number of carbonyl (C=O) groups excluding carboxylic acids is 1. The molecule has 0 saturated carbocycles. The van der Waals surface area contributed by atoms with E-state index in [9.17, 15) is 9.90 Å². The van der Waals surface area contributed by atoms with Gasteiger partial charge < -0.3 is 14.6 Å². The van der Waals surface area contributed by atoms with Crippen LogP contribution in [0.5, 0.6) is 17.2 Å². The Labute approximate surface area is 196 Å². The Balaban J connectivity index is 1.50. The molecule has 0 radical (unpaired) electrons. The Bertz CT molecular complexity index is 1340. The highest BCUT2D eigenvalue weighted by molar-refractivity contribution is 6.32. The van der Waals surface area contributed by atoms with Crippen LogP contribution in [-0.2, 0) is 6.61 Å². The van der Waals surface area contributed by atoms with Gasteiger partial charge in [-0.15, -0.1) is 0 Å². The van der Waals surface area contributed by atoms with Gasteiger partial charge in [-0.1, -0.05) is 48.0 Å². The fraction of sp³-hybridized carbons (Fsp3) is 0.0769. The molecule has 0 aliphatic heterocycles. The molecule has 0 spiro atoms. The van der Waals surface area contributed by atoms with E-state index in [4.69, 9.17) is 21.1 Å². The summed E-state index contributed by atoms with van der Waals surface area (Å²) in [5.41, 5.74) is 4.59. The standard InChI is InChI=1S/C26H21ClN2O4/c1-32-20-6-4-5-17(13-20)16-33-25-12-10-19(21-7-2-3-8-22(21)25)15-28-29-26(31)18-9-11-24(30)23(27)14-18/h2-15,30H,16H2,1H3,(H,29,31)/b28-15+. The predicted molar refractivity (Wildman–Crippen MR) is 129 cm³/mol. The summed E-state index contributed by atoms with van der Waals surface area (Å²) in [5.74, 6) is 1.00. The number of methoxy groups -OCH3 is 1. The normalized spacial score (nSPS) is 11.0. The van der Waals surface area contributed by atoms with Crippen LogP contribution in [0.25, 0.3) is 10.8 Å². The molecule has 7 heteroatoms. The Morgan fingerprint density at radius 1 is 1.03 bits per heavy atom. The highest BCUT2D eigenvalue weighted by atomic mass is 35.5. The molecular weight excluding hydrogens is 440 g/mol. The summed E-state index contributed by atoms with van der Waals surface area (Å²) in [6.45, 7) is 0.403. The van der Waals surface area contributed by atoms with Gasteiger partial charge in [0.25, 0.3) is 5.91 Å². The smallest absolute Gasteiger partial charge is 0.271 e. The number of nitrogens with zero attached hydrogens (tertiary/aromatic N) is 1. The van der Waals surface area contributed by atoms with Crippen LogP contribution in [0, 0.1) is 0 Å². The lowest BCUT2D eigenvalue weighted by Gasteiger charge is -2.12. The van der Waals surface area contributed by atoms with Crippen molar-refractivity contribution in [1.29, 1.82) is 0 Å². The van der Waals surface area contributed by atoms with E-state index in [-0.39, 0.29) is 10.8 Å². The molecule has 0 aromatic heterocycles. The first-order valence-corrected chi connectivity index (χ1v) is 10.5. The SMILES string of the molecule is COc1cccc(COc2ccc(/C=N/NC(=O)c3ccc(O)c(Cl)c3)c3ccccc23)c1. The van der Waals surface area contributed by atoms with Gasteiger partial charge in [0.05, 0.1) is 18.3 Å². The van der Waals surface area contributed by atoms with Crippen LogP contribution in [0.4, 0.5) is 0 Å². The minimum atomic E-state index is -0.435. The number of hydrogen-bond donors (Lipinski definition) is 2. The van der Waals surface area contributed by atoms with Gasteiger partial charge in [0.15, 0.2) is 0 Å². The van der Waals surface area contributed by atoms with Crippen LogP contribution >= 0.6 is 11.6 Å². The van der Waals surface area contributed by atoms with E-state index < -0.39 is 5.91 Å². The summed E-state index contributed by atoms with van der Waals surface area (Å²) in [6, 6.07) is 23.5. The second-order valence-electron chi connectivity index (χ2n) is 7.20. The highest BCUT2D eigenvalue weighted by Crippen LogP contribution is 2.29. The third-order valence-corrected chi connectivity index (χ3v) is 5.33. The van der Waals surface area contributed by atoms with Crippen molar-refractivity contribution in [2.45, 2.75) is 6.61 Å². The van der Waals surface area contributed by atoms with E-state index in [2.05, 4.69) is 10.5 Å². The van der Waals surface area contributed by atoms with Gasteiger partial charge in [-0.2, -0.15) is 5.10 Å². The molecule has 0 bridgehead atoms. The topological polar surface area (TPSA) is 80.2 Å². The minimum Gasteiger partial charge on any atom is -0.506 e. The summed E-state index contributed by atoms with van der Waals surface area (Å²) in [4.78, 5) is 12.3. The van der Waals surface area contributed by atoms with Crippen LogP contribution in [-0.4, -0.2) is 24.3 Å². The Morgan fingerprint density at radius 2 is 1.85 bits per heavy atom. The van der Waals surface area contributed by atoms with Crippen LogP contribution in [0.2, 0.25) is 5.02 Å². The number of amides is 1. The summed E-state index contributed by atoms with van der Waals surface area (Å²) in [7, 11) is 1.63. The fourth-order valence-corrected chi connectivity index (χ4v) is 3.51. The predicted octanol–water partition coefficient (Wildman–Crippen LogP) is 5.55. The quantitative estimate of drug-likeness (QED) is 0.280. The molecule has 0 fully saturated rings. The van der Waals surface area contributed by atoms with Gasteiger partial charge in [0.1, 0.15) is 23.9 Å². The fourth-order valence-electron chi connectivity index (χ4n) is 3.33. The summed E-state index contributed by atoms with van der Waals surface area (Å²) in [6.07, 6.45) is 1.58. The maximum absolute atomic E-state index is 12.3. The third-order valence-electron chi connectivity index (χ3n) is 5.03. The lowest BCUT2D eigenvalue weighted by Crippen LogP contribution is -2.17. The number of carbonyl (C=O) groups is 1. The van der Waals surface area contributed by atoms with Crippen LogP contribution in [0.15, 0.2) is 84.0 Å². The van der Waals surface area contributed by atoms with E-state index in [1.165, 1.54) is 18.2 Å². The number of hydrazone groups is 1. The van der Waals surface area contributed by atoms with E-state index in [0.717, 1.165) is 33.4 Å². The Kier molecular flexibility index (Phi) is 6.76. The zero-order valence-corrected chi connectivity index (χ0v) is 18.5. The maximum Gasteiger partial charge on any atom is 0.271 e. The van der Waals surface area contributed by atoms with Gasteiger partial charge in [-0.25, -0.2) is 5.43 Å². The largest absolute Gasteiger partial charge is 0.506 e. The van der Waals surface area contributed by atoms with Crippen molar-refractivity contribution < 1.29 is 19.4 Å². The highest BCUT2D eigenvalue weighted by Gasteiger charge is 2.09. The van der Waals surface area contributed by atoms with Crippen molar-refractivity contribution in [3.63, 3.8) is 0 Å². The van der Waals surface area contributed by atoms with Gasteiger partial charge in [-0.05, 0) is 53.4 Å². The van der Waals surface area contributed by atoms with E-state index >= 15 is 0 Å². The van der Waals surface area contributed by atoms with Crippen LogP contribution in [0.1, 0.15) is 21.5 Å². The van der Waals surface area contributed by atoms with Crippen molar-refractivity contribution in [3.8, 4) is 17.2 Å². The molecule has 0 aliphatic carbocycles. The summed E-state index contributed by atoms with van der Waals surface area (Å²) in [5, 5.41) is 15.5. The number of rotatable bonds is 7. The zero-order chi connectivity index (χ0) is 23.2. The number of ether oxygens (including phenoxy) is 2. The summed E-state index contributed by atoms with van der Waals surface area (Å²) < 4.78 is 11.3. The zero-order valence-electron chi connectivity index (χ0n) is 17.8. The Morgan fingerprint density at radius 3 is 2.64 bits per heavy atom. The van der Waals surface area contributed by atoms with Gasteiger partial charge in [0.2, 0.25) is 0 Å². The number of fused-ring (bicyclic) bond motifs is 1. The second-order valence-corrected chi connectivity index (χ2v) is 7.61. The number of nitrogens with one attached hydrogen (secondary N) is 1. The maximum atomic E-state index is 12.3. The van der Waals surface area contributed by atoms with E-state index in [1.807, 2.05) is 60.7 Å². The Hall–Kier alpha value is -4.03. The van der Waals surface area contributed by atoms with Crippen molar-refractivity contribution in [3.05, 3.63) is 101 Å². The van der Waals surface area contributed by atoms with Crippen molar-refractivity contribution in [1.82, 2.24) is 5.43 Å². The number of hydrogen-bond acceptors (Lipinski definition) is 5. The number of aromatic hydroxyl groups is 1.